The van der Waals surface area contributed by atoms with Gasteiger partial charge in [-0.25, -0.2) is 13.1 Å². The Labute approximate surface area is 192 Å². The number of aromatic hydroxyl groups is 1. The van der Waals surface area contributed by atoms with Crippen LogP contribution in [0.1, 0.15) is 17.5 Å². The number of primary amides is 1. The molecule has 0 unspecified atom stereocenters. The molecule has 7 N–H and O–H groups in total. The third-order valence-electron chi connectivity index (χ3n) is 6.37. The molecule has 33 heavy (non-hydrogen) atoms. The summed E-state index contributed by atoms with van der Waals surface area (Å²) in [5.74, 6) is -8.70. The van der Waals surface area contributed by atoms with Gasteiger partial charge in [0.2, 0.25) is 15.8 Å². The van der Waals surface area contributed by atoms with E-state index in [2.05, 4.69) is 0 Å². The van der Waals surface area contributed by atoms with Crippen molar-refractivity contribution in [2.45, 2.75) is 24.5 Å². The number of nitrogens with one attached hydrogen (secondary N) is 1. The maximum Gasteiger partial charge on any atom is 0.255 e. The molecule has 1 amide bonds. The lowest BCUT2D eigenvalue weighted by Gasteiger charge is -2.48. The van der Waals surface area contributed by atoms with Gasteiger partial charge in [-0.05, 0) is 36.5 Å². The summed E-state index contributed by atoms with van der Waals surface area (Å²) in [7, 11) is -4.08. The number of carbonyl (C=O) groups is 3. The molecule has 1 aromatic rings. The van der Waals surface area contributed by atoms with Gasteiger partial charge in [0.25, 0.3) is 5.91 Å². The number of phenols is 1. The fraction of sp³-hybridized carbons (Fsp3) is 0.350. The fourth-order valence-electron chi connectivity index (χ4n) is 5.01. The first-order valence-electron chi connectivity index (χ1n) is 9.66. The van der Waals surface area contributed by atoms with Crippen LogP contribution in [-0.2, 0) is 30.8 Å². The highest BCUT2D eigenvalue weighted by molar-refractivity contribution is 7.88. The van der Waals surface area contributed by atoms with E-state index in [4.69, 9.17) is 17.3 Å². The number of phenolic OH excluding ortho intramolecular Hbond substituents is 1. The molecule has 1 aromatic carbocycles. The molecule has 0 aromatic heterocycles. The molecule has 0 spiro atoms. The molecule has 4 atom stereocenters. The van der Waals surface area contributed by atoms with E-state index in [0.29, 0.717) is 5.56 Å². The average Bonchev–Trinajstić information content (AvgIpc) is 2.69. The summed E-state index contributed by atoms with van der Waals surface area (Å²) in [4.78, 5) is 38.3. The number of amides is 1. The van der Waals surface area contributed by atoms with Gasteiger partial charge in [0.1, 0.15) is 22.8 Å². The lowest BCUT2D eigenvalue weighted by atomic mass is 9.58. The largest absolute Gasteiger partial charge is 0.508 e. The van der Waals surface area contributed by atoms with Crippen molar-refractivity contribution in [3.63, 3.8) is 0 Å². The highest BCUT2D eigenvalue weighted by Crippen LogP contribution is 2.52. The molecule has 1 saturated carbocycles. The van der Waals surface area contributed by atoms with Crippen LogP contribution in [0.2, 0.25) is 5.02 Å². The number of carbonyl (C=O) groups excluding carboxylic acids is 3. The molecule has 11 nitrogen and oxygen atoms in total. The van der Waals surface area contributed by atoms with Gasteiger partial charge in [-0.3, -0.25) is 14.4 Å². The van der Waals surface area contributed by atoms with Crippen LogP contribution in [0.4, 0.5) is 0 Å². The zero-order chi connectivity index (χ0) is 24.6. The van der Waals surface area contributed by atoms with Gasteiger partial charge in [-0.15, -0.1) is 0 Å². The number of Topliss-reactive ketones (excluding diaryl/α,β-unsaturated/α-hetero) is 2. The molecule has 3 aliphatic rings. The first-order valence-corrected chi connectivity index (χ1v) is 11.9. The Kier molecular flexibility index (Phi) is 5.13. The van der Waals surface area contributed by atoms with Crippen LogP contribution in [0.5, 0.6) is 5.75 Å². The van der Waals surface area contributed by atoms with Crippen LogP contribution < -0.4 is 10.5 Å². The molecule has 3 aliphatic carbocycles. The van der Waals surface area contributed by atoms with Gasteiger partial charge in [0.15, 0.2) is 11.4 Å². The SMILES string of the molecule is CS(=O)(=O)N[C@@H]1C(=O)C(C(N)=O)=C(O)[C@@]2(O)C(=O)C3=C(O)c4c(O)ccc(Cl)c4C[C@H]3C[C@@H]12. The number of nitrogens with two attached hydrogens (primary N) is 1. The highest BCUT2D eigenvalue weighted by atomic mass is 35.5. The number of fused-ring (bicyclic) bond motifs is 3. The lowest BCUT2D eigenvalue weighted by molar-refractivity contribution is -0.149. The molecule has 0 aliphatic heterocycles. The summed E-state index contributed by atoms with van der Waals surface area (Å²) in [6, 6.07) is 0.801. The number of aliphatic hydroxyl groups excluding tert-OH is 2. The molecule has 13 heteroatoms. The van der Waals surface area contributed by atoms with Crippen LogP contribution in [0.25, 0.3) is 5.76 Å². The third kappa shape index (κ3) is 3.24. The summed E-state index contributed by atoms with van der Waals surface area (Å²) in [5, 5.41) is 43.3. The standard InChI is InChI=1S/C20H19ClN2O9S/c1-33(31,32)23-14-8-5-6-4-7-9(21)2-3-10(24)12(7)15(25)11(6)17(27)20(8,30)18(28)13(16(14)26)19(22)29/h2-3,6,8,14,23-25,28,30H,4-5H2,1H3,(H2,22,29)/t6-,8-,14-,20-/m0/s1. The second-order valence-corrected chi connectivity index (χ2v) is 10.5. The topological polar surface area (TPSA) is 204 Å². The van der Waals surface area contributed by atoms with Crippen LogP contribution in [-0.4, -0.2) is 64.2 Å². The van der Waals surface area contributed by atoms with Crippen molar-refractivity contribution in [2.75, 3.05) is 6.26 Å². The normalized spacial score (nSPS) is 29.5. The zero-order valence-corrected chi connectivity index (χ0v) is 18.6. The number of halogens is 1. The maximum absolute atomic E-state index is 13.5. The Bertz CT molecular complexity index is 1320. The summed E-state index contributed by atoms with van der Waals surface area (Å²) >= 11 is 6.20. The maximum atomic E-state index is 13.5. The van der Waals surface area contributed by atoms with Gasteiger partial charge in [0.05, 0.1) is 17.9 Å². The number of ketones is 2. The fourth-order valence-corrected chi connectivity index (χ4v) is 5.97. The van der Waals surface area contributed by atoms with E-state index in [1.165, 1.54) is 12.1 Å². The summed E-state index contributed by atoms with van der Waals surface area (Å²) in [6.07, 6.45) is 0.484. The van der Waals surface area contributed by atoms with Gasteiger partial charge < -0.3 is 26.2 Å². The number of sulfonamides is 1. The third-order valence-corrected chi connectivity index (χ3v) is 7.40. The summed E-state index contributed by atoms with van der Waals surface area (Å²) < 4.78 is 25.9. The van der Waals surface area contributed by atoms with Crippen molar-refractivity contribution in [3.8, 4) is 5.75 Å². The molecule has 0 saturated heterocycles. The first-order chi connectivity index (χ1) is 15.2. The van der Waals surface area contributed by atoms with E-state index in [9.17, 15) is 43.2 Å². The van der Waals surface area contributed by atoms with Gasteiger partial charge in [0, 0.05) is 16.5 Å². The smallest absolute Gasteiger partial charge is 0.255 e. The van der Waals surface area contributed by atoms with Crippen LogP contribution in [0.15, 0.2) is 29.0 Å². The number of rotatable bonds is 3. The monoisotopic (exact) mass is 498 g/mol. The predicted octanol–water partition coefficient (Wildman–Crippen LogP) is -0.395. The number of hydrogen-bond donors (Lipinski definition) is 6. The van der Waals surface area contributed by atoms with Crippen molar-refractivity contribution in [2.24, 2.45) is 17.6 Å². The van der Waals surface area contributed by atoms with Crippen molar-refractivity contribution in [1.82, 2.24) is 4.72 Å². The molecule has 176 valence electrons. The Morgan fingerprint density at radius 2 is 1.88 bits per heavy atom. The highest BCUT2D eigenvalue weighted by Gasteiger charge is 2.64. The van der Waals surface area contributed by atoms with Crippen LogP contribution in [0, 0.1) is 11.8 Å². The van der Waals surface area contributed by atoms with E-state index in [0.717, 1.165) is 6.26 Å². The first kappa shape index (κ1) is 23.2. The van der Waals surface area contributed by atoms with E-state index in [-0.39, 0.29) is 34.8 Å². The van der Waals surface area contributed by atoms with Crippen molar-refractivity contribution in [3.05, 3.63) is 45.2 Å². The minimum atomic E-state index is -4.08. The molecule has 4 rings (SSSR count). The second-order valence-electron chi connectivity index (χ2n) is 8.34. The van der Waals surface area contributed by atoms with E-state index in [1.807, 2.05) is 4.72 Å². The lowest BCUT2D eigenvalue weighted by Crippen LogP contribution is -2.66. The van der Waals surface area contributed by atoms with Crippen LogP contribution in [0.3, 0.4) is 0 Å². The Morgan fingerprint density at radius 3 is 2.45 bits per heavy atom. The quantitative estimate of drug-likeness (QED) is 0.299. The van der Waals surface area contributed by atoms with Gasteiger partial charge >= 0.3 is 0 Å². The van der Waals surface area contributed by atoms with Crippen LogP contribution >= 0.6 is 11.6 Å². The molecule has 0 bridgehead atoms. The molecule has 0 heterocycles. The molecular formula is C20H19ClN2O9S. The Balaban J connectivity index is 1.99. The van der Waals surface area contributed by atoms with Gasteiger partial charge in [-0.1, -0.05) is 11.6 Å². The molecule has 1 fully saturated rings. The number of benzene rings is 1. The van der Waals surface area contributed by atoms with Crippen molar-refractivity contribution < 1.29 is 43.2 Å². The van der Waals surface area contributed by atoms with E-state index < -0.39 is 68.1 Å². The van der Waals surface area contributed by atoms with Crippen molar-refractivity contribution >= 4 is 44.9 Å². The Hall–Kier alpha value is -2.93. The van der Waals surface area contributed by atoms with Crippen molar-refractivity contribution in [1.29, 1.82) is 0 Å². The van der Waals surface area contributed by atoms with E-state index >= 15 is 0 Å². The minimum absolute atomic E-state index is 0.00716. The number of hydrogen-bond acceptors (Lipinski definition) is 9. The second kappa shape index (κ2) is 7.29. The molecule has 0 radical (unpaired) electrons. The summed E-state index contributed by atoms with van der Waals surface area (Å²) in [5.41, 5.74) is 0.942. The zero-order valence-electron chi connectivity index (χ0n) is 17.0. The minimum Gasteiger partial charge on any atom is -0.508 e. The average molecular weight is 499 g/mol. The Morgan fingerprint density at radius 1 is 1.24 bits per heavy atom. The molecular weight excluding hydrogens is 480 g/mol. The predicted molar refractivity (Wildman–Crippen MR) is 114 cm³/mol. The number of aliphatic hydroxyl groups is 3. The van der Waals surface area contributed by atoms with E-state index in [1.54, 1.807) is 0 Å². The summed E-state index contributed by atoms with van der Waals surface area (Å²) in [6.45, 7) is 0. The van der Waals surface area contributed by atoms with Gasteiger partial charge in [-0.2, -0.15) is 0 Å².